The molecular weight excluding hydrogens is 598 g/mol. The normalized spacial score (nSPS) is 16.8. The van der Waals surface area contributed by atoms with E-state index < -0.39 is 36.1 Å². The molecule has 0 N–H and O–H groups in total. The number of halogens is 6. The molecule has 6 rings (SSSR count). The second kappa shape index (κ2) is 11.0. The number of fused-ring (bicyclic) bond motifs is 2. The van der Waals surface area contributed by atoms with E-state index in [0.717, 1.165) is 10.7 Å². The van der Waals surface area contributed by atoms with Crippen molar-refractivity contribution in [1.82, 2.24) is 9.78 Å². The molecule has 1 aliphatic heterocycles. The zero-order valence-electron chi connectivity index (χ0n) is 22.8. The molecule has 0 saturated carbocycles. The number of alkyl halides is 5. The minimum Gasteiger partial charge on any atom is -0.486 e. The van der Waals surface area contributed by atoms with Gasteiger partial charge < -0.3 is 23.7 Å². The Bertz CT molecular complexity index is 1720. The minimum absolute atomic E-state index is 0.0381. The van der Waals surface area contributed by atoms with Crippen LogP contribution in [-0.4, -0.2) is 29.2 Å². The van der Waals surface area contributed by atoms with E-state index in [1.54, 1.807) is 0 Å². The van der Waals surface area contributed by atoms with Crippen LogP contribution in [0, 0.1) is 5.82 Å². The van der Waals surface area contributed by atoms with E-state index in [2.05, 4.69) is 19.3 Å². The molecular formula is C30H22F6N2O6. The van der Waals surface area contributed by atoms with Gasteiger partial charge in [0, 0.05) is 11.6 Å². The topological polar surface area (TPSA) is 81.0 Å². The monoisotopic (exact) mass is 620 g/mol. The molecule has 4 aromatic rings. The number of benzene rings is 3. The van der Waals surface area contributed by atoms with Crippen molar-refractivity contribution in [3.05, 3.63) is 94.6 Å². The number of methoxy groups -OCH3 is 1. The van der Waals surface area contributed by atoms with E-state index in [1.165, 1.54) is 61.7 Å². The van der Waals surface area contributed by atoms with Gasteiger partial charge in [-0.1, -0.05) is 6.07 Å². The van der Waals surface area contributed by atoms with Crippen LogP contribution in [0.3, 0.4) is 0 Å². The molecule has 1 aromatic heterocycles. The van der Waals surface area contributed by atoms with Crippen molar-refractivity contribution in [2.24, 2.45) is 0 Å². The molecule has 14 heteroatoms. The first-order valence-corrected chi connectivity index (χ1v) is 13.3. The van der Waals surface area contributed by atoms with Gasteiger partial charge >= 0.3 is 18.4 Å². The number of aromatic nitrogens is 2. The van der Waals surface area contributed by atoms with Crippen LogP contribution in [0.15, 0.2) is 60.7 Å². The van der Waals surface area contributed by atoms with Crippen LogP contribution in [-0.2, 0) is 23.9 Å². The second-order valence-corrected chi connectivity index (χ2v) is 9.99. The summed E-state index contributed by atoms with van der Waals surface area (Å²) < 4.78 is 110. The predicted octanol–water partition coefficient (Wildman–Crippen LogP) is 7.17. The Morgan fingerprint density at radius 3 is 2.52 bits per heavy atom. The first-order chi connectivity index (χ1) is 20.9. The summed E-state index contributed by atoms with van der Waals surface area (Å²) >= 11 is 0. The summed E-state index contributed by atoms with van der Waals surface area (Å²) in [5, 5.41) is 3.89. The molecule has 0 amide bonds. The summed E-state index contributed by atoms with van der Waals surface area (Å²) in [4.78, 5) is 11.8. The maximum atomic E-state index is 14.8. The van der Waals surface area contributed by atoms with Gasteiger partial charge in [-0.3, -0.25) is 0 Å². The van der Waals surface area contributed by atoms with E-state index >= 15 is 0 Å². The van der Waals surface area contributed by atoms with E-state index in [4.69, 9.17) is 9.47 Å². The molecule has 1 aliphatic carbocycles. The molecule has 3 aromatic carbocycles. The van der Waals surface area contributed by atoms with Gasteiger partial charge in [0.1, 0.15) is 18.5 Å². The average Bonchev–Trinajstić information content (AvgIpc) is 3.53. The van der Waals surface area contributed by atoms with E-state index in [9.17, 15) is 31.1 Å². The lowest BCUT2D eigenvalue weighted by atomic mass is 9.93. The zero-order valence-corrected chi connectivity index (χ0v) is 22.8. The Hall–Kier alpha value is -4.88. The molecule has 0 bridgehead atoms. The van der Waals surface area contributed by atoms with Crippen LogP contribution in [0.4, 0.5) is 26.3 Å². The number of hydrogen-bond acceptors (Lipinski definition) is 7. The summed E-state index contributed by atoms with van der Waals surface area (Å²) in [6, 6.07) is 13.4. The van der Waals surface area contributed by atoms with Gasteiger partial charge in [-0.25, -0.2) is 13.9 Å². The number of carbonyl (C=O) groups is 1. The highest BCUT2D eigenvalue weighted by Crippen LogP contribution is 2.43. The van der Waals surface area contributed by atoms with Gasteiger partial charge in [-0.05, 0) is 73.4 Å². The summed E-state index contributed by atoms with van der Waals surface area (Å²) in [5.74, 6) is -1.77. The maximum absolute atomic E-state index is 14.8. The molecule has 0 radical (unpaired) electrons. The highest BCUT2D eigenvalue weighted by Gasteiger charge is 2.44. The fourth-order valence-corrected chi connectivity index (χ4v) is 5.11. The Kier molecular flexibility index (Phi) is 7.30. The fourth-order valence-electron chi connectivity index (χ4n) is 5.11. The SMILES string of the molecule is COC(=O)c1ccc(OC2CCCc3c(C(F)(F)F)nn(-c4ccc(F)c(OCc5ccc6c(c5)OC(F)(F)O6)c4)c32)cc1. The maximum Gasteiger partial charge on any atom is 0.586 e. The molecule has 0 fully saturated rings. The molecule has 2 heterocycles. The van der Waals surface area contributed by atoms with Gasteiger partial charge in [0.25, 0.3) is 0 Å². The average molecular weight is 621 g/mol. The lowest BCUT2D eigenvalue weighted by molar-refractivity contribution is -0.286. The highest BCUT2D eigenvalue weighted by atomic mass is 19.4. The lowest BCUT2D eigenvalue weighted by Gasteiger charge is -2.26. The van der Waals surface area contributed by atoms with E-state index in [-0.39, 0.29) is 52.8 Å². The molecule has 1 unspecified atom stereocenters. The molecule has 0 saturated heterocycles. The fraction of sp³-hybridized carbons (Fsp3) is 0.267. The van der Waals surface area contributed by atoms with E-state index in [0.29, 0.717) is 24.2 Å². The number of nitrogens with zero attached hydrogens (tertiary/aromatic N) is 2. The van der Waals surface area contributed by atoms with Crippen LogP contribution in [0.25, 0.3) is 5.69 Å². The van der Waals surface area contributed by atoms with Crippen LogP contribution < -0.4 is 18.9 Å². The third kappa shape index (κ3) is 5.71. The molecule has 8 nitrogen and oxygen atoms in total. The first kappa shape index (κ1) is 29.2. The lowest BCUT2D eigenvalue weighted by Crippen LogP contribution is -2.25. The van der Waals surface area contributed by atoms with Gasteiger partial charge in [0.05, 0.1) is 24.1 Å². The smallest absolute Gasteiger partial charge is 0.486 e. The quantitative estimate of drug-likeness (QED) is 0.160. The summed E-state index contributed by atoms with van der Waals surface area (Å²) in [5.41, 5.74) is -0.275. The van der Waals surface area contributed by atoms with Gasteiger partial charge in [0.2, 0.25) is 0 Å². The number of ether oxygens (including phenoxy) is 5. The van der Waals surface area contributed by atoms with Crippen LogP contribution in [0.2, 0.25) is 0 Å². The van der Waals surface area contributed by atoms with Crippen molar-refractivity contribution in [3.63, 3.8) is 0 Å². The van der Waals surface area contributed by atoms with Crippen molar-refractivity contribution in [2.45, 2.75) is 44.4 Å². The van der Waals surface area contributed by atoms with Gasteiger partial charge in [-0.15, -0.1) is 8.78 Å². The first-order valence-electron chi connectivity index (χ1n) is 13.3. The van der Waals surface area contributed by atoms with Gasteiger partial charge in [0.15, 0.2) is 28.8 Å². The second-order valence-electron chi connectivity index (χ2n) is 9.99. The molecule has 230 valence electrons. The molecule has 2 aliphatic rings. The van der Waals surface area contributed by atoms with Gasteiger partial charge in [-0.2, -0.15) is 18.3 Å². The van der Waals surface area contributed by atoms with Crippen molar-refractivity contribution in [3.8, 4) is 28.7 Å². The number of rotatable bonds is 7. The number of carbonyl (C=O) groups excluding carboxylic acids is 1. The predicted molar refractivity (Wildman–Crippen MR) is 140 cm³/mol. The molecule has 44 heavy (non-hydrogen) atoms. The van der Waals surface area contributed by atoms with Crippen molar-refractivity contribution in [1.29, 1.82) is 0 Å². The highest BCUT2D eigenvalue weighted by molar-refractivity contribution is 5.89. The van der Waals surface area contributed by atoms with Crippen LogP contribution in [0.5, 0.6) is 23.0 Å². The molecule has 1 atom stereocenters. The molecule has 0 spiro atoms. The summed E-state index contributed by atoms with van der Waals surface area (Å²) in [7, 11) is 1.24. The Balaban J connectivity index is 1.31. The largest absolute Gasteiger partial charge is 0.586 e. The standard InChI is InChI=1S/C30H22F6N2O6/c1-40-28(39)17-6-9-19(10-7-17)42-23-4-2-3-20-26(23)38(37-27(20)29(32,33)34)18-8-11-21(31)24(14-18)41-15-16-5-12-22-25(13-16)44-30(35,36)43-22/h5-14,23H,2-4,15H2,1H3. The number of hydrogen-bond donors (Lipinski definition) is 0. The zero-order chi connectivity index (χ0) is 31.2. The van der Waals surface area contributed by atoms with Crippen molar-refractivity contribution in [2.75, 3.05) is 7.11 Å². The Morgan fingerprint density at radius 2 is 1.80 bits per heavy atom. The van der Waals surface area contributed by atoms with Crippen molar-refractivity contribution >= 4 is 5.97 Å². The summed E-state index contributed by atoms with van der Waals surface area (Å²) in [6.45, 7) is -0.277. The summed E-state index contributed by atoms with van der Waals surface area (Å²) in [6.07, 6.45) is -8.58. The van der Waals surface area contributed by atoms with Crippen molar-refractivity contribution < 1.29 is 54.8 Å². The minimum atomic E-state index is -4.77. The third-order valence-corrected chi connectivity index (χ3v) is 7.06. The third-order valence-electron chi connectivity index (χ3n) is 7.06. The Morgan fingerprint density at radius 1 is 1.05 bits per heavy atom. The van der Waals surface area contributed by atoms with Crippen LogP contribution >= 0.6 is 0 Å². The van der Waals surface area contributed by atoms with E-state index in [1.807, 2.05) is 0 Å². The Labute approximate surface area is 245 Å². The number of esters is 1. The van der Waals surface area contributed by atoms with Crippen LogP contribution in [0.1, 0.15) is 51.8 Å².